The van der Waals surface area contributed by atoms with E-state index in [2.05, 4.69) is 15.3 Å². The summed E-state index contributed by atoms with van der Waals surface area (Å²) in [6.07, 6.45) is 9.29. The summed E-state index contributed by atoms with van der Waals surface area (Å²) in [7, 11) is 0. The molecule has 0 bridgehead atoms. The number of carbonyl (C=O) groups is 1. The number of aromatic nitrogens is 2. The zero-order chi connectivity index (χ0) is 16.1. The van der Waals surface area contributed by atoms with E-state index in [1.165, 1.54) is 6.20 Å². The highest BCUT2D eigenvalue weighted by Crippen LogP contribution is 2.14. The molecule has 1 amide bonds. The van der Waals surface area contributed by atoms with Gasteiger partial charge < -0.3 is 19.6 Å². The Morgan fingerprint density at radius 3 is 3.22 bits per heavy atom. The van der Waals surface area contributed by atoms with Gasteiger partial charge in [0, 0.05) is 37.9 Å². The van der Waals surface area contributed by atoms with Gasteiger partial charge in [-0.25, -0.2) is 4.98 Å². The van der Waals surface area contributed by atoms with Crippen molar-refractivity contribution in [2.45, 2.75) is 31.7 Å². The number of furan rings is 1. The van der Waals surface area contributed by atoms with Crippen molar-refractivity contribution in [1.82, 2.24) is 15.3 Å². The molecule has 1 aliphatic heterocycles. The summed E-state index contributed by atoms with van der Waals surface area (Å²) in [5.74, 6) is 0.442. The van der Waals surface area contributed by atoms with Gasteiger partial charge in [-0.15, -0.1) is 0 Å². The quantitative estimate of drug-likeness (QED) is 0.861. The molecule has 3 heterocycles. The highest BCUT2D eigenvalue weighted by Gasteiger charge is 2.23. The molecule has 0 spiro atoms. The maximum Gasteiger partial charge on any atom is 0.290 e. The molecule has 0 aromatic carbocycles. The summed E-state index contributed by atoms with van der Waals surface area (Å²) in [6.45, 7) is 1.39. The Morgan fingerprint density at radius 1 is 1.52 bits per heavy atom. The Bertz CT molecular complexity index is 695. The fraction of sp³-hybridized carbons (Fsp3) is 0.438. The number of aryl methyl sites for hydroxylation is 1. The van der Waals surface area contributed by atoms with Crippen LogP contribution in [0.15, 0.2) is 40.2 Å². The van der Waals surface area contributed by atoms with Crippen molar-refractivity contribution in [1.29, 1.82) is 0 Å². The van der Waals surface area contributed by atoms with Gasteiger partial charge in [0.25, 0.3) is 5.56 Å². The standard InChI is InChI=1S/C16H20N4O3/c21-14(4-3-12-5-9-23-11-12)19-13-2-1-8-20(10-13)15-16(22)18-7-6-17-15/h5-7,9,11,13H,1-4,8,10H2,(H,18,22)(H,19,21). The van der Waals surface area contributed by atoms with Crippen LogP contribution in [0.5, 0.6) is 0 Å². The highest BCUT2D eigenvalue weighted by molar-refractivity contribution is 5.76. The third kappa shape index (κ3) is 4.00. The first-order valence-electron chi connectivity index (χ1n) is 7.81. The Labute approximate surface area is 133 Å². The van der Waals surface area contributed by atoms with Gasteiger partial charge in [-0.1, -0.05) is 0 Å². The second-order valence-corrected chi connectivity index (χ2v) is 5.73. The Kier molecular flexibility index (Phi) is 4.75. The third-order valence-corrected chi connectivity index (χ3v) is 4.00. The summed E-state index contributed by atoms with van der Waals surface area (Å²) >= 11 is 0. The monoisotopic (exact) mass is 316 g/mol. The SMILES string of the molecule is O=C(CCc1ccoc1)NC1CCCN(c2ncc[nH]c2=O)C1. The van der Waals surface area contributed by atoms with Crippen LogP contribution in [0.3, 0.4) is 0 Å². The Balaban J connectivity index is 1.53. The van der Waals surface area contributed by atoms with Gasteiger partial charge in [0.2, 0.25) is 5.91 Å². The molecule has 2 aromatic rings. The molecule has 1 atom stereocenters. The van der Waals surface area contributed by atoms with Crippen LogP contribution in [0.4, 0.5) is 5.82 Å². The molecule has 7 nitrogen and oxygen atoms in total. The van der Waals surface area contributed by atoms with Crippen LogP contribution in [0.2, 0.25) is 0 Å². The maximum absolute atomic E-state index is 12.1. The number of aromatic amines is 1. The average Bonchev–Trinajstić information content (AvgIpc) is 3.07. The largest absolute Gasteiger partial charge is 0.472 e. The minimum atomic E-state index is -0.195. The van der Waals surface area contributed by atoms with Crippen molar-refractivity contribution in [2.75, 3.05) is 18.0 Å². The number of hydrogen-bond donors (Lipinski definition) is 2. The number of H-pyrrole nitrogens is 1. The summed E-state index contributed by atoms with van der Waals surface area (Å²) < 4.78 is 4.99. The number of rotatable bonds is 5. The predicted molar refractivity (Wildman–Crippen MR) is 85.3 cm³/mol. The molecule has 2 aromatic heterocycles. The molecule has 23 heavy (non-hydrogen) atoms. The van der Waals surface area contributed by atoms with Crippen molar-refractivity contribution in [2.24, 2.45) is 0 Å². The molecule has 122 valence electrons. The van der Waals surface area contributed by atoms with E-state index >= 15 is 0 Å². The van der Waals surface area contributed by atoms with Gasteiger partial charge >= 0.3 is 0 Å². The van der Waals surface area contributed by atoms with Crippen molar-refractivity contribution in [3.8, 4) is 0 Å². The molecule has 1 saturated heterocycles. The highest BCUT2D eigenvalue weighted by atomic mass is 16.3. The van der Waals surface area contributed by atoms with E-state index in [9.17, 15) is 9.59 Å². The molecular formula is C16H20N4O3. The minimum absolute atomic E-state index is 0.0213. The fourth-order valence-corrected chi connectivity index (χ4v) is 2.85. The van der Waals surface area contributed by atoms with Crippen LogP contribution < -0.4 is 15.8 Å². The number of anilines is 1. The molecule has 0 aliphatic carbocycles. The molecule has 1 unspecified atom stereocenters. The summed E-state index contributed by atoms with van der Waals surface area (Å²) in [5, 5.41) is 3.05. The van der Waals surface area contributed by atoms with Crippen LogP contribution in [0, 0.1) is 0 Å². The van der Waals surface area contributed by atoms with Gasteiger partial charge in [-0.05, 0) is 30.9 Å². The van der Waals surface area contributed by atoms with Gasteiger partial charge in [-0.2, -0.15) is 0 Å². The number of nitrogens with one attached hydrogen (secondary N) is 2. The van der Waals surface area contributed by atoms with E-state index in [1.54, 1.807) is 18.7 Å². The summed E-state index contributed by atoms with van der Waals surface area (Å²) in [5.41, 5.74) is 0.824. The smallest absolute Gasteiger partial charge is 0.290 e. The molecule has 0 saturated carbocycles. The zero-order valence-electron chi connectivity index (χ0n) is 12.8. The van der Waals surface area contributed by atoms with E-state index in [0.29, 0.717) is 25.2 Å². The lowest BCUT2D eigenvalue weighted by atomic mass is 10.1. The van der Waals surface area contributed by atoms with Crippen molar-refractivity contribution in [3.05, 3.63) is 46.9 Å². The first-order valence-corrected chi connectivity index (χ1v) is 7.81. The van der Waals surface area contributed by atoms with E-state index in [4.69, 9.17) is 4.42 Å². The molecule has 7 heteroatoms. The number of hydrogen-bond acceptors (Lipinski definition) is 5. The minimum Gasteiger partial charge on any atom is -0.472 e. The van der Waals surface area contributed by atoms with Gasteiger partial charge in [0.05, 0.1) is 12.5 Å². The third-order valence-electron chi connectivity index (χ3n) is 4.00. The second kappa shape index (κ2) is 7.13. The van der Waals surface area contributed by atoms with Crippen molar-refractivity contribution >= 4 is 11.7 Å². The lowest BCUT2D eigenvalue weighted by Crippen LogP contribution is -2.49. The Morgan fingerprint density at radius 2 is 2.43 bits per heavy atom. The molecule has 0 radical (unpaired) electrons. The lowest BCUT2D eigenvalue weighted by Gasteiger charge is -2.33. The van der Waals surface area contributed by atoms with Crippen LogP contribution in [0.1, 0.15) is 24.8 Å². The first kappa shape index (κ1) is 15.3. The maximum atomic E-state index is 12.1. The van der Waals surface area contributed by atoms with Crippen molar-refractivity contribution < 1.29 is 9.21 Å². The van der Waals surface area contributed by atoms with Gasteiger partial charge in [-0.3, -0.25) is 9.59 Å². The predicted octanol–water partition coefficient (Wildman–Crippen LogP) is 1.08. The molecule has 1 aliphatic rings. The summed E-state index contributed by atoms with van der Waals surface area (Å²) in [6, 6.07) is 1.91. The van der Waals surface area contributed by atoms with E-state index < -0.39 is 0 Å². The molecule has 3 rings (SSSR count). The molecule has 2 N–H and O–H groups in total. The number of piperidine rings is 1. The van der Waals surface area contributed by atoms with E-state index in [0.717, 1.165) is 24.9 Å². The zero-order valence-corrected chi connectivity index (χ0v) is 12.8. The average molecular weight is 316 g/mol. The van der Waals surface area contributed by atoms with Crippen molar-refractivity contribution in [3.63, 3.8) is 0 Å². The lowest BCUT2D eigenvalue weighted by molar-refractivity contribution is -0.121. The number of carbonyl (C=O) groups excluding carboxylic acids is 1. The van der Waals surface area contributed by atoms with Crippen LogP contribution in [-0.2, 0) is 11.2 Å². The number of amides is 1. The van der Waals surface area contributed by atoms with Crippen LogP contribution in [-0.4, -0.2) is 35.0 Å². The van der Waals surface area contributed by atoms with Crippen LogP contribution >= 0.6 is 0 Å². The first-order chi connectivity index (χ1) is 11.2. The topological polar surface area (TPSA) is 91.2 Å². The van der Waals surface area contributed by atoms with Crippen LogP contribution in [0.25, 0.3) is 0 Å². The number of nitrogens with zero attached hydrogens (tertiary/aromatic N) is 2. The second-order valence-electron chi connectivity index (χ2n) is 5.73. The normalized spacial score (nSPS) is 17.9. The Hall–Kier alpha value is -2.57. The van der Waals surface area contributed by atoms with E-state index in [-0.39, 0.29) is 17.5 Å². The van der Waals surface area contributed by atoms with Gasteiger partial charge in [0.1, 0.15) is 0 Å². The summed E-state index contributed by atoms with van der Waals surface area (Å²) in [4.78, 5) is 32.6. The molecule has 1 fully saturated rings. The van der Waals surface area contributed by atoms with Gasteiger partial charge in [0.15, 0.2) is 5.82 Å². The van der Waals surface area contributed by atoms with E-state index in [1.807, 2.05) is 11.0 Å². The fourth-order valence-electron chi connectivity index (χ4n) is 2.85. The molecular weight excluding hydrogens is 296 g/mol.